The molecule has 6 heteroatoms. The van der Waals surface area contributed by atoms with Gasteiger partial charge in [0.15, 0.2) is 0 Å². The maximum atomic E-state index is 12.2. The molecule has 0 bridgehead atoms. The summed E-state index contributed by atoms with van der Waals surface area (Å²) in [5.74, 6) is 1.15. The zero-order chi connectivity index (χ0) is 13.9. The number of pyridine rings is 1. The highest BCUT2D eigenvalue weighted by Crippen LogP contribution is 2.29. The molecule has 5 nitrogen and oxygen atoms in total. The number of nitrogens with zero attached hydrogens (tertiary/aromatic N) is 1. The van der Waals surface area contributed by atoms with Crippen LogP contribution in [0.2, 0.25) is 0 Å². The van der Waals surface area contributed by atoms with Crippen LogP contribution in [-0.4, -0.2) is 19.9 Å². The molecule has 0 aromatic carbocycles. The van der Waals surface area contributed by atoms with Crippen molar-refractivity contribution in [1.29, 1.82) is 0 Å². The lowest BCUT2D eigenvalue weighted by atomic mass is 10.1. The average molecular weight is 283 g/mol. The van der Waals surface area contributed by atoms with E-state index in [1.54, 1.807) is 18.3 Å². The number of aromatic nitrogens is 1. The fraction of sp³-hybridized carbons (Fsp3) is 0.615. The molecular weight excluding hydrogens is 262 g/mol. The summed E-state index contributed by atoms with van der Waals surface area (Å²) in [4.78, 5) is 4.21. The Bertz CT molecular complexity index is 530. The second-order valence-corrected chi connectivity index (χ2v) is 7.02. The average Bonchev–Trinajstić information content (AvgIpc) is 2.82. The van der Waals surface area contributed by atoms with Gasteiger partial charge in [-0.1, -0.05) is 13.3 Å². The molecule has 2 unspecified atom stereocenters. The molecule has 0 amide bonds. The van der Waals surface area contributed by atoms with Gasteiger partial charge in [0.2, 0.25) is 10.0 Å². The Morgan fingerprint density at radius 1 is 1.47 bits per heavy atom. The summed E-state index contributed by atoms with van der Waals surface area (Å²) >= 11 is 0. The Hall–Kier alpha value is -0.980. The number of hydrogen-bond donors (Lipinski definition) is 2. The van der Waals surface area contributed by atoms with Gasteiger partial charge in [-0.15, -0.1) is 0 Å². The molecular formula is C13H21N3O2S. The number of rotatable bonds is 5. The fourth-order valence-electron chi connectivity index (χ4n) is 2.64. The molecule has 2 rings (SSSR count). The summed E-state index contributed by atoms with van der Waals surface area (Å²) in [6, 6.07) is 3.17. The van der Waals surface area contributed by atoms with Crippen LogP contribution in [0.1, 0.15) is 31.9 Å². The molecule has 1 aliphatic rings. The van der Waals surface area contributed by atoms with Gasteiger partial charge in [0.05, 0.1) is 5.69 Å². The van der Waals surface area contributed by atoms with Crippen molar-refractivity contribution in [2.75, 3.05) is 6.54 Å². The van der Waals surface area contributed by atoms with Crippen LogP contribution in [0, 0.1) is 11.8 Å². The lowest BCUT2D eigenvalue weighted by Crippen LogP contribution is -2.30. The van der Waals surface area contributed by atoms with E-state index in [1.165, 1.54) is 6.42 Å². The third kappa shape index (κ3) is 3.52. The molecule has 1 saturated carbocycles. The van der Waals surface area contributed by atoms with Gasteiger partial charge in [-0.2, -0.15) is 0 Å². The highest BCUT2D eigenvalue weighted by Gasteiger charge is 2.24. The Morgan fingerprint density at radius 3 is 2.89 bits per heavy atom. The lowest BCUT2D eigenvalue weighted by Gasteiger charge is -2.13. The SMILES string of the molecule is CC1CCC(CNS(=O)(=O)c2cccnc2CN)C1. The van der Waals surface area contributed by atoms with E-state index in [9.17, 15) is 8.42 Å². The van der Waals surface area contributed by atoms with Crippen molar-refractivity contribution in [1.82, 2.24) is 9.71 Å². The molecule has 0 radical (unpaired) electrons. The predicted molar refractivity (Wildman–Crippen MR) is 73.8 cm³/mol. The van der Waals surface area contributed by atoms with Gasteiger partial charge in [0.1, 0.15) is 4.90 Å². The largest absolute Gasteiger partial charge is 0.325 e. The van der Waals surface area contributed by atoms with E-state index in [-0.39, 0.29) is 11.4 Å². The summed E-state index contributed by atoms with van der Waals surface area (Å²) in [7, 11) is -3.50. The highest BCUT2D eigenvalue weighted by atomic mass is 32.2. The molecule has 1 aromatic rings. The van der Waals surface area contributed by atoms with E-state index in [4.69, 9.17) is 5.73 Å². The van der Waals surface area contributed by atoms with Crippen LogP contribution in [0.15, 0.2) is 23.2 Å². The van der Waals surface area contributed by atoms with Crippen molar-refractivity contribution < 1.29 is 8.42 Å². The Balaban J connectivity index is 2.06. The summed E-state index contributed by atoms with van der Waals surface area (Å²) < 4.78 is 27.2. The molecule has 0 saturated heterocycles. The quantitative estimate of drug-likeness (QED) is 0.852. The Morgan fingerprint density at radius 2 is 2.26 bits per heavy atom. The number of sulfonamides is 1. The normalized spacial score (nSPS) is 23.7. The van der Waals surface area contributed by atoms with Crippen molar-refractivity contribution >= 4 is 10.0 Å². The van der Waals surface area contributed by atoms with E-state index in [0.29, 0.717) is 24.1 Å². The first-order chi connectivity index (χ1) is 9.03. The minimum absolute atomic E-state index is 0.123. The first-order valence-corrected chi connectivity index (χ1v) is 8.15. The zero-order valence-electron chi connectivity index (χ0n) is 11.2. The minimum atomic E-state index is -3.50. The van der Waals surface area contributed by atoms with E-state index in [1.807, 2.05) is 0 Å². The molecule has 1 fully saturated rings. The van der Waals surface area contributed by atoms with Gasteiger partial charge in [-0.25, -0.2) is 13.1 Å². The van der Waals surface area contributed by atoms with Gasteiger partial charge in [0.25, 0.3) is 0 Å². The molecule has 19 heavy (non-hydrogen) atoms. The third-order valence-corrected chi connectivity index (χ3v) is 5.19. The topological polar surface area (TPSA) is 85.1 Å². The first kappa shape index (κ1) is 14.4. The zero-order valence-corrected chi connectivity index (χ0v) is 12.0. The van der Waals surface area contributed by atoms with Gasteiger partial charge < -0.3 is 5.73 Å². The smallest absolute Gasteiger partial charge is 0.242 e. The van der Waals surface area contributed by atoms with Gasteiger partial charge in [-0.3, -0.25) is 4.98 Å². The van der Waals surface area contributed by atoms with Gasteiger partial charge in [-0.05, 0) is 36.8 Å². The van der Waals surface area contributed by atoms with Gasteiger partial charge in [0, 0.05) is 19.3 Å². The van der Waals surface area contributed by atoms with Crippen molar-refractivity contribution in [3.8, 4) is 0 Å². The molecule has 0 aliphatic heterocycles. The van der Waals surface area contributed by atoms with Crippen molar-refractivity contribution in [3.05, 3.63) is 24.0 Å². The number of nitrogens with two attached hydrogens (primary N) is 1. The Kier molecular flexibility index (Phi) is 4.54. The van der Waals surface area contributed by atoms with Crippen molar-refractivity contribution in [2.45, 2.75) is 37.6 Å². The van der Waals surface area contributed by atoms with Crippen molar-refractivity contribution in [2.24, 2.45) is 17.6 Å². The van der Waals surface area contributed by atoms with Crippen LogP contribution in [0.4, 0.5) is 0 Å². The molecule has 1 aromatic heterocycles. The lowest BCUT2D eigenvalue weighted by molar-refractivity contribution is 0.498. The third-order valence-electron chi connectivity index (χ3n) is 3.70. The molecule has 1 aliphatic carbocycles. The van der Waals surface area contributed by atoms with Gasteiger partial charge >= 0.3 is 0 Å². The molecule has 1 heterocycles. The first-order valence-electron chi connectivity index (χ1n) is 6.66. The fourth-order valence-corrected chi connectivity index (χ4v) is 3.95. The Labute approximate surface area is 114 Å². The van der Waals surface area contributed by atoms with E-state index >= 15 is 0 Å². The van der Waals surface area contributed by atoms with Crippen LogP contribution >= 0.6 is 0 Å². The van der Waals surface area contributed by atoms with Crippen molar-refractivity contribution in [3.63, 3.8) is 0 Å². The second kappa shape index (κ2) is 5.98. The molecule has 106 valence electrons. The maximum absolute atomic E-state index is 12.2. The molecule has 0 spiro atoms. The minimum Gasteiger partial charge on any atom is -0.325 e. The van der Waals surface area contributed by atoms with Crippen LogP contribution in [0.25, 0.3) is 0 Å². The van der Waals surface area contributed by atoms with E-state index in [2.05, 4.69) is 16.6 Å². The molecule has 3 N–H and O–H groups in total. The summed E-state index contributed by atoms with van der Waals surface area (Å²) in [5.41, 5.74) is 5.94. The van der Waals surface area contributed by atoms with Crippen LogP contribution in [-0.2, 0) is 16.6 Å². The number of nitrogens with one attached hydrogen (secondary N) is 1. The molecule has 2 atom stereocenters. The monoisotopic (exact) mass is 283 g/mol. The standard InChI is InChI=1S/C13H21N3O2S/c1-10-4-5-11(7-10)9-16-19(17,18)13-3-2-6-15-12(13)8-14/h2-3,6,10-11,16H,4-5,7-9,14H2,1H3. The summed E-state index contributed by atoms with van der Waals surface area (Å²) in [5, 5.41) is 0. The summed E-state index contributed by atoms with van der Waals surface area (Å²) in [6.07, 6.45) is 4.94. The van der Waals surface area contributed by atoms with Crippen LogP contribution < -0.4 is 10.5 Å². The maximum Gasteiger partial charge on any atom is 0.242 e. The highest BCUT2D eigenvalue weighted by molar-refractivity contribution is 7.89. The number of hydrogen-bond acceptors (Lipinski definition) is 4. The predicted octanol–water partition coefficient (Wildman–Crippen LogP) is 1.25. The summed E-state index contributed by atoms with van der Waals surface area (Å²) in [6.45, 7) is 2.84. The second-order valence-electron chi connectivity index (χ2n) is 5.29. The van der Waals surface area contributed by atoms with Crippen LogP contribution in [0.5, 0.6) is 0 Å². The van der Waals surface area contributed by atoms with E-state index in [0.717, 1.165) is 12.8 Å². The van der Waals surface area contributed by atoms with Crippen LogP contribution in [0.3, 0.4) is 0 Å². The van der Waals surface area contributed by atoms with E-state index < -0.39 is 10.0 Å².